The number of imidazole rings is 1. The van der Waals surface area contributed by atoms with Crippen LogP contribution >= 0.6 is 58.0 Å². The molecule has 1 aliphatic heterocycles. The lowest BCUT2D eigenvalue weighted by Crippen LogP contribution is -2.84. The quantitative estimate of drug-likeness (QED) is 0.0186. The first-order valence-corrected chi connectivity index (χ1v) is 51.1. The van der Waals surface area contributed by atoms with E-state index in [1.807, 2.05) is 56.8 Å². The molecule has 16 aliphatic rings. The Labute approximate surface area is 866 Å². The molecule has 11 N–H and O–H groups in total. The number of aromatic nitrogens is 8. The van der Waals surface area contributed by atoms with Gasteiger partial charge in [-0.25, -0.2) is 26.6 Å². The lowest BCUT2D eigenvalue weighted by atomic mass is 9.44. The number of halogens is 8. The zero-order valence-electron chi connectivity index (χ0n) is 80.5. The monoisotopic (exact) mass is 2130 g/mol. The van der Waals surface area contributed by atoms with Crippen molar-refractivity contribution in [2.45, 2.75) is 210 Å². The number of carbonyl (C=O) groups is 10. The third-order valence-corrected chi connectivity index (χ3v) is 31.4. The standard InChI is InChI=1S/C23H22ClN5O3.C22H25ClN4O3.C20H21ClFN3O3.C19H18ClFN2O6S.C18H18ClFN4O3/c1-15-7-18(5-6-19(15)24)32-9-20(30)27-22-10-23(11-22,12-22)28-21(31)16-3-2-4-17(8-16)29-13-25-26-14-29;1-14-8-15(5-6-17(14)23)30-10-19(28)25-21-11-22(12-21,13-21)26-20(29)16-9-24-27-7-3-2-4-18(16)27;1-11-6-23-17(12(11)2)18(27)25-20-8-19(9-20,10-20)24-16(26)7-28-13-3-4-14(21)15(22)5-13;1-30(26,27)16-5-4-14(29-16)17(25)23-19-8-18(9-19,10-19)22-15(24)7-28-11-2-3-12(20)13(21)6-11;1-24-5-4-21-15(24)16(26)23-18-8-17(9-18,10-18)22-14(25)7-27-11-2-3-12(19)13(20)6-11/h2-8,13-14H,9-12H2,1H3,(H,27,30)(H,28,31);5-6,8-9H,2-4,7,10-13H2,1H3,(H,25,28)(H,26,29);3-6,23H,7-10H2,1-2H3,(H,24,26)(H,25,27);2-6H,7-10H2,1H3,(H,22,24)(H,23,25);2-6H,7-10H2,1H3,(H,22,25)(H,23,26). The van der Waals surface area contributed by atoms with Crippen LogP contribution in [0.1, 0.15) is 189 Å². The van der Waals surface area contributed by atoms with E-state index in [4.69, 9.17) is 86.1 Å². The number of rotatable bonds is 32. The summed E-state index contributed by atoms with van der Waals surface area (Å²) in [5.41, 5.74) is 4.72. The molecule has 6 aromatic carbocycles. The number of nitrogens with one attached hydrogen (secondary N) is 11. The van der Waals surface area contributed by atoms with Gasteiger partial charge in [0.2, 0.25) is 14.9 Å². The SMILES string of the molecule is CS(=O)(=O)c1ccc(C(=O)NC23CC(NC(=O)COc4ccc(Cl)c(F)c4)(C2)C3)o1.Cc1c[nH]c(C(=O)NC23CC(NC(=O)COc4ccc(Cl)c(F)c4)(C2)C3)c1C.Cc1cc(OCC(=O)NC23CC(NC(=O)c4cccc(-n5cnnc5)c4)(C2)C3)ccc1Cl.Cc1cc(OCC(=O)NC23CC(NC(=O)c4cnn5c4CCCC5)(C2)C3)ccc1Cl.Cn1ccnc1C(=O)NC12CC(NC(=O)COc3ccc(Cl)c(F)c3)(C1)C2. The number of fused-ring (bicyclic) bond motifs is 1. The average Bonchev–Trinajstić information content (AvgIpc) is 1.50. The summed E-state index contributed by atoms with van der Waals surface area (Å²) in [7, 11) is -1.77. The largest absolute Gasteiger partial charge is 0.484 e. The number of aryl methyl sites for hydroxylation is 5. The van der Waals surface area contributed by atoms with Crippen LogP contribution in [0.25, 0.3) is 5.69 Å². The summed E-state index contributed by atoms with van der Waals surface area (Å²) >= 11 is 28.8. The molecule has 0 saturated heterocycles. The van der Waals surface area contributed by atoms with E-state index in [0.29, 0.717) is 102 Å². The first kappa shape index (κ1) is 103. The normalized spacial score (nSPS) is 24.6. The third-order valence-electron chi connectivity index (χ3n) is 28.7. The Bertz CT molecular complexity index is 7120. The van der Waals surface area contributed by atoms with Crippen molar-refractivity contribution in [3.8, 4) is 34.4 Å². The molecule has 10 amide bonds. The molecule has 6 heterocycles. The third kappa shape index (κ3) is 22.6. The maximum atomic E-state index is 13.4. The van der Waals surface area contributed by atoms with Crippen LogP contribution in [0.5, 0.6) is 28.7 Å². The minimum atomic E-state index is -3.53. The minimum Gasteiger partial charge on any atom is -0.484 e. The number of furan rings is 1. The molecular formula is C102H104Cl5F3N18O18S. The fourth-order valence-corrected chi connectivity index (χ4v) is 23.3. The molecule has 147 heavy (non-hydrogen) atoms. The van der Waals surface area contributed by atoms with E-state index in [1.165, 1.54) is 48.5 Å². The summed E-state index contributed by atoms with van der Waals surface area (Å²) in [6.45, 7) is 7.75. The Morgan fingerprint density at radius 2 is 0.810 bits per heavy atom. The molecule has 772 valence electrons. The molecule has 10 bridgehead atoms. The number of ether oxygens (including phenoxy) is 5. The summed E-state index contributed by atoms with van der Waals surface area (Å²) in [5.74, 6) is -1.85. The Morgan fingerprint density at radius 1 is 0.435 bits per heavy atom. The highest BCUT2D eigenvalue weighted by Crippen LogP contribution is 2.64. The van der Waals surface area contributed by atoms with Gasteiger partial charge in [-0.1, -0.05) is 64.1 Å². The van der Waals surface area contributed by atoms with Crippen molar-refractivity contribution in [2.75, 3.05) is 39.3 Å². The molecule has 0 atom stereocenters. The molecule has 0 unspecified atom stereocenters. The number of aromatic amines is 1. The second-order valence-electron chi connectivity index (χ2n) is 40.8. The molecule has 27 rings (SSSR count). The van der Waals surface area contributed by atoms with Crippen molar-refractivity contribution in [1.82, 2.24) is 92.2 Å². The molecule has 45 heteroatoms. The molecular weight excluding hydrogens is 2030 g/mol. The van der Waals surface area contributed by atoms with Crippen molar-refractivity contribution in [3.05, 3.63) is 264 Å². The first-order valence-electron chi connectivity index (χ1n) is 47.3. The van der Waals surface area contributed by atoms with Gasteiger partial charge in [0.05, 0.1) is 32.5 Å². The van der Waals surface area contributed by atoms with Gasteiger partial charge in [0.15, 0.2) is 44.6 Å². The van der Waals surface area contributed by atoms with Gasteiger partial charge in [-0.15, -0.1) is 10.2 Å². The van der Waals surface area contributed by atoms with Crippen molar-refractivity contribution in [3.63, 3.8) is 0 Å². The molecule has 11 aromatic rings. The molecule has 5 aromatic heterocycles. The number of amides is 10. The number of H-pyrrole nitrogens is 1. The van der Waals surface area contributed by atoms with Crippen LogP contribution in [0, 0.1) is 45.1 Å². The van der Waals surface area contributed by atoms with Gasteiger partial charge in [-0.2, -0.15) is 5.10 Å². The number of nitrogens with zero attached hydrogens (tertiary/aromatic N) is 7. The molecule has 15 aliphatic carbocycles. The van der Waals surface area contributed by atoms with Gasteiger partial charge in [0.25, 0.3) is 59.1 Å². The highest BCUT2D eigenvalue weighted by atomic mass is 35.5. The predicted octanol–water partition coefficient (Wildman–Crippen LogP) is 12.5. The molecule has 15 saturated carbocycles. The number of hydrogen-bond donors (Lipinski definition) is 11. The number of carbonyl (C=O) groups excluding carboxylic acids is 10. The van der Waals surface area contributed by atoms with E-state index < -0.39 is 44.3 Å². The van der Waals surface area contributed by atoms with Crippen molar-refractivity contribution in [1.29, 1.82) is 0 Å². The zero-order chi connectivity index (χ0) is 104. The van der Waals surface area contributed by atoms with E-state index >= 15 is 0 Å². The predicted molar refractivity (Wildman–Crippen MR) is 531 cm³/mol. The number of sulfone groups is 1. The van der Waals surface area contributed by atoms with Gasteiger partial charge in [-0.3, -0.25) is 57.2 Å². The highest BCUT2D eigenvalue weighted by Gasteiger charge is 2.73. The van der Waals surface area contributed by atoms with Gasteiger partial charge >= 0.3 is 0 Å². The Hall–Kier alpha value is -13.7. The summed E-state index contributed by atoms with van der Waals surface area (Å²) in [5, 5.41) is 43.2. The van der Waals surface area contributed by atoms with Crippen LogP contribution in [-0.4, -0.2) is 201 Å². The van der Waals surface area contributed by atoms with Gasteiger partial charge in [-0.05, 0) is 269 Å². The first-order chi connectivity index (χ1) is 69.7. The van der Waals surface area contributed by atoms with Crippen LogP contribution in [0.2, 0.25) is 25.1 Å². The Kier molecular flexibility index (Phi) is 28.2. The summed E-state index contributed by atoms with van der Waals surface area (Å²) in [6, 6.07) is 32.4. The van der Waals surface area contributed by atoms with Crippen LogP contribution in [0.3, 0.4) is 0 Å². The summed E-state index contributed by atoms with van der Waals surface area (Å²) < 4.78 is 101. The van der Waals surface area contributed by atoms with E-state index in [-0.39, 0.29) is 174 Å². The van der Waals surface area contributed by atoms with Gasteiger partial charge < -0.3 is 90.8 Å². The van der Waals surface area contributed by atoms with E-state index in [0.717, 1.165) is 122 Å². The van der Waals surface area contributed by atoms with E-state index in [9.17, 15) is 69.5 Å². The fourth-order valence-electron chi connectivity index (χ4n) is 22.1. The minimum absolute atomic E-state index is 0.00134. The number of benzene rings is 6. The Morgan fingerprint density at radius 3 is 1.18 bits per heavy atom. The maximum Gasteiger partial charge on any atom is 0.287 e. The van der Waals surface area contributed by atoms with Gasteiger partial charge in [0, 0.05) is 133 Å². The van der Waals surface area contributed by atoms with Crippen molar-refractivity contribution in [2.24, 2.45) is 7.05 Å². The molecule has 36 nitrogen and oxygen atoms in total. The maximum absolute atomic E-state index is 13.4. The van der Waals surface area contributed by atoms with Crippen molar-refractivity contribution >= 4 is 127 Å². The Balaban J connectivity index is 0.000000121. The number of hydrogen-bond acceptors (Lipinski definition) is 22. The van der Waals surface area contributed by atoms with Crippen LogP contribution < -0.4 is 76.9 Å². The summed E-state index contributed by atoms with van der Waals surface area (Å²) in [4.78, 5) is 131. The molecule has 0 spiro atoms. The van der Waals surface area contributed by atoms with E-state index in [2.05, 4.69) is 78.4 Å². The van der Waals surface area contributed by atoms with Crippen LogP contribution in [0.4, 0.5) is 13.2 Å². The van der Waals surface area contributed by atoms with E-state index in [1.54, 1.807) is 89.9 Å². The van der Waals surface area contributed by atoms with Crippen LogP contribution in [0.15, 0.2) is 174 Å². The average molecular weight is 2140 g/mol. The molecule has 0 radical (unpaired) electrons. The topological polar surface area (TPSA) is 467 Å². The lowest BCUT2D eigenvalue weighted by molar-refractivity contribution is -0.142. The van der Waals surface area contributed by atoms with Crippen molar-refractivity contribution < 1.29 is 97.6 Å². The van der Waals surface area contributed by atoms with Gasteiger partial charge in [0.1, 0.15) is 64.5 Å². The highest BCUT2D eigenvalue weighted by molar-refractivity contribution is 7.90. The molecule has 15 fully saturated rings. The zero-order valence-corrected chi connectivity index (χ0v) is 85.1. The van der Waals surface area contributed by atoms with Crippen LogP contribution in [-0.2, 0) is 53.8 Å². The second kappa shape index (κ2) is 40.2. The second-order valence-corrected chi connectivity index (χ2v) is 44.8. The summed E-state index contributed by atoms with van der Waals surface area (Å²) in [6.07, 6.45) is 24.3. The fraction of sp³-hybridized carbons (Fsp3) is 0.392. The smallest absolute Gasteiger partial charge is 0.287 e. The lowest BCUT2D eigenvalue weighted by Gasteiger charge is -2.70.